The molecule has 0 fully saturated rings. The number of ether oxygens (including phenoxy) is 1. The third-order valence-electron chi connectivity index (χ3n) is 3.68. The quantitative estimate of drug-likeness (QED) is 0.387. The van der Waals surface area contributed by atoms with E-state index in [0.717, 1.165) is 5.56 Å². The Hall–Kier alpha value is -3.17. The number of carbonyl (C=O) groups excluding carboxylic acids is 2. The van der Waals surface area contributed by atoms with Gasteiger partial charge >= 0.3 is 0 Å². The fourth-order valence-corrected chi connectivity index (χ4v) is 2.71. The number of halogens is 1. The van der Waals surface area contributed by atoms with Crippen molar-refractivity contribution >= 4 is 45.1 Å². The van der Waals surface area contributed by atoms with Crippen LogP contribution in [0.2, 0.25) is 0 Å². The maximum absolute atomic E-state index is 12.2. The highest BCUT2D eigenvalue weighted by Gasteiger charge is 2.13. The number of amides is 2. The number of hydrogen-bond donors (Lipinski definition) is 3. The molecule has 7 nitrogen and oxygen atoms in total. The fraction of sp³-hybridized carbons (Fsp3) is 0.0500. The minimum Gasteiger partial charge on any atom is -0.489 e. The van der Waals surface area contributed by atoms with Crippen LogP contribution >= 0.6 is 28.1 Å². The van der Waals surface area contributed by atoms with Gasteiger partial charge in [-0.2, -0.15) is 0 Å². The number of rotatable bonds is 5. The van der Waals surface area contributed by atoms with Crippen LogP contribution in [0.3, 0.4) is 0 Å². The summed E-state index contributed by atoms with van der Waals surface area (Å²) in [6.45, 7) is 0.439. The van der Waals surface area contributed by atoms with E-state index in [1.54, 1.807) is 30.3 Å². The molecule has 0 spiro atoms. The first kappa shape index (κ1) is 20.6. The van der Waals surface area contributed by atoms with Crippen molar-refractivity contribution in [3.8, 4) is 5.75 Å². The Balaban J connectivity index is 1.45. The number of nitrogens with one attached hydrogen (secondary N) is 3. The Labute approximate surface area is 180 Å². The van der Waals surface area contributed by atoms with Crippen LogP contribution < -0.4 is 20.9 Å². The van der Waals surface area contributed by atoms with Gasteiger partial charge in [0.05, 0.1) is 0 Å². The lowest BCUT2D eigenvalue weighted by atomic mass is 10.2. The van der Waals surface area contributed by atoms with Crippen LogP contribution in [0, 0.1) is 0 Å². The molecule has 0 unspecified atom stereocenters. The molecule has 3 rings (SSSR count). The van der Waals surface area contributed by atoms with E-state index in [1.807, 2.05) is 30.3 Å². The van der Waals surface area contributed by atoms with Crippen molar-refractivity contribution in [1.29, 1.82) is 0 Å². The van der Waals surface area contributed by atoms with E-state index in [4.69, 9.17) is 21.4 Å². The van der Waals surface area contributed by atoms with Gasteiger partial charge in [-0.15, -0.1) is 0 Å². The SMILES string of the molecule is O=C(NNC(=S)NC(=O)c1ccc(Br)o1)c1ccc(OCc2ccccc2)cc1. The van der Waals surface area contributed by atoms with E-state index in [9.17, 15) is 9.59 Å². The molecule has 9 heteroatoms. The molecule has 0 radical (unpaired) electrons. The minimum absolute atomic E-state index is 0.0707. The maximum atomic E-state index is 12.2. The minimum atomic E-state index is -0.539. The van der Waals surface area contributed by atoms with Crippen molar-refractivity contribution in [2.24, 2.45) is 0 Å². The van der Waals surface area contributed by atoms with Crippen LogP contribution in [0.1, 0.15) is 26.5 Å². The fourth-order valence-electron chi connectivity index (χ4n) is 2.26. The molecule has 3 aromatic rings. The number of benzene rings is 2. The van der Waals surface area contributed by atoms with Crippen LogP contribution in [0.5, 0.6) is 5.75 Å². The summed E-state index contributed by atoms with van der Waals surface area (Å²) in [6.07, 6.45) is 0. The molecular weight excluding hydrogens is 458 g/mol. The van der Waals surface area contributed by atoms with Gasteiger partial charge < -0.3 is 9.15 Å². The molecule has 0 aliphatic carbocycles. The normalized spacial score (nSPS) is 10.1. The first-order valence-electron chi connectivity index (χ1n) is 8.45. The monoisotopic (exact) mass is 473 g/mol. The van der Waals surface area contributed by atoms with Gasteiger partial charge in [0, 0.05) is 5.56 Å². The average Bonchev–Trinajstić information content (AvgIpc) is 3.18. The summed E-state index contributed by atoms with van der Waals surface area (Å²) in [7, 11) is 0. The molecule has 2 aromatic carbocycles. The lowest BCUT2D eigenvalue weighted by molar-refractivity contribution is 0.0926. The molecule has 29 heavy (non-hydrogen) atoms. The van der Waals surface area contributed by atoms with Gasteiger partial charge in [0.2, 0.25) is 0 Å². The summed E-state index contributed by atoms with van der Waals surface area (Å²) >= 11 is 8.08. The molecule has 0 aliphatic rings. The smallest absolute Gasteiger partial charge is 0.293 e. The highest BCUT2D eigenvalue weighted by molar-refractivity contribution is 9.10. The topological polar surface area (TPSA) is 92.6 Å². The number of carbonyl (C=O) groups is 2. The highest BCUT2D eigenvalue weighted by Crippen LogP contribution is 2.15. The van der Waals surface area contributed by atoms with E-state index in [-0.39, 0.29) is 10.9 Å². The van der Waals surface area contributed by atoms with Gasteiger partial charge in [0.25, 0.3) is 11.8 Å². The third kappa shape index (κ3) is 6.16. The van der Waals surface area contributed by atoms with E-state index >= 15 is 0 Å². The van der Waals surface area contributed by atoms with Gasteiger partial charge in [-0.05, 0) is 70.1 Å². The van der Waals surface area contributed by atoms with Crippen molar-refractivity contribution in [3.05, 3.63) is 88.3 Å². The molecule has 0 aliphatic heterocycles. The molecular formula is C20H16BrN3O4S. The highest BCUT2D eigenvalue weighted by atomic mass is 79.9. The molecule has 0 atom stereocenters. The lowest BCUT2D eigenvalue weighted by Crippen LogP contribution is -2.48. The maximum Gasteiger partial charge on any atom is 0.293 e. The van der Waals surface area contributed by atoms with Gasteiger partial charge in [-0.1, -0.05) is 30.3 Å². The van der Waals surface area contributed by atoms with Crippen molar-refractivity contribution < 1.29 is 18.7 Å². The number of hydrazine groups is 1. The molecule has 0 saturated carbocycles. The number of hydrogen-bond acceptors (Lipinski definition) is 5. The summed E-state index contributed by atoms with van der Waals surface area (Å²) in [5.41, 5.74) is 6.33. The molecule has 148 valence electrons. The van der Waals surface area contributed by atoms with E-state index in [0.29, 0.717) is 22.6 Å². The van der Waals surface area contributed by atoms with E-state index in [2.05, 4.69) is 32.1 Å². The predicted octanol–water partition coefficient (Wildman–Crippen LogP) is 3.57. The molecule has 3 N–H and O–H groups in total. The third-order valence-corrected chi connectivity index (χ3v) is 4.31. The molecule has 1 aromatic heterocycles. The second-order valence-corrected chi connectivity index (χ2v) is 6.95. The lowest BCUT2D eigenvalue weighted by Gasteiger charge is -2.11. The summed E-state index contributed by atoms with van der Waals surface area (Å²) < 4.78 is 11.2. The molecule has 1 heterocycles. The Kier molecular flexibility index (Phi) is 6.99. The Morgan fingerprint density at radius 1 is 0.931 bits per heavy atom. The first-order valence-corrected chi connectivity index (χ1v) is 9.65. The summed E-state index contributed by atoms with van der Waals surface area (Å²) in [4.78, 5) is 24.1. The van der Waals surface area contributed by atoms with E-state index in [1.165, 1.54) is 6.07 Å². The standard InChI is InChI=1S/C20H16BrN3O4S/c21-17-11-10-16(28-17)19(26)22-20(29)24-23-18(25)14-6-8-15(9-7-14)27-12-13-4-2-1-3-5-13/h1-11H,12H2,(H,23,25)(H2,22,24,26,29). The predicted molar refractivity (Wildman–Crippen MR) is 114 cm³/mol. The van der Waals surface area contributed by atoms with Crippen molar-refractivity contribution in [2.75, 3.05) is 0 Å². The van der Waals surface area contributed by atoms with Crippen LogP contribution in [-0.4, -0.2) is 16.9 Å². The summed E-state index contributed by atoms with van der Waals surface area (Å²) in [5, 5.41) is 2.32. The first-order chi connectivity index (χ1) is 14.0. The number of furan rings is 1. The van der Waals surface area contributed by atoms with Crippen molar-refractivity contribution in [1.82, 2.24) is 16.2 Å². The molecule has 0 saturated heterocycles. The van der Waals surface area contributed by atoms with Crippen molar-refractivity contribution in [2.45, 2.75) is 6.61 Å². The molecule has 2 amide bonds. The van der Waals surface area contributed by atoms with Crippen LogP contribution in [-0.2, 0) is 6.61 Å². The number of thiocarbonyl (C=S) groups is 1. The van der Waals surface area contributed by atoms with Crippen LogP contribution in [0.15, 0.2) is 75.8 Å². The van der Waals surface area contributed by atoms with Crippen molar-refractivity contribution in [3.63, 3.8) is 0 Å². The average molecular weight is 474 g/mol. The van der Waals surface area contributed by atoms with Gasteiger partial charge in [-0.3, -0.25) is 25.8 Å². The van der Waals surface area contributed by atoms with Gasteiger partial charge in [0.1, 0.15) is 12.4 Å². The molecule has 0 bridgehead atoms. The second kappa shape index (κ2) is 9.85. The van der Waals surface area contributed by atoms with Gasteiger partial charge in [-0.25, -0.2) is 0 Å². The summed E-state index contributed by atoms with van der Waals surface area (Å²) in [5.74, 6) is -0.233. The Morgan fingerprint density at radius 3 is 2.31 bits per heavy atom. The zero-order chi connectivity index (χ0) is 20.6. The van der Waals surface area contributed by atoms with E-state index < -0.39 is 11.8 Å². The Morgan fingerprint density at radius 2 is 1.66 bits per heavy atom. The largest absolute Gasteiger partial charge is 0.489 e. The summed E-state index contributed by atoms with van der Waals surface area (Å²) in [6, 6.07) is 19.5. The second-order valence-electron chi connectivity index (χ2n) is 5.76. The van der Waals surface area contributed by atoms with Crippen LogP contribution in [0.25, 0.3) is 0 Å². The zero-order valence-corrected chi connectivity index (χ0v) is 17.4. The van der Waals surface area contributed by atoms with Crippen LogP contribution in [0.4, 0.5) is 0 Å². The Bertz CT molecular complexity index is 1010. The zero-order valence-electron chi connectivity index (χ0n) is 15.0. The van der Waals surface area contributed by atoms with Gasteiger partial charge in [0.15, 0.2) is 15.5 Å².